The Morgan fingerprint density at radius 3 is 2.56 bits per heavy atom. The molecule has 2 aromatic rings. The molecule has 0 aliphatic carbocycles. The SMILES string of the molecule is CNS(=O)(=O)c1occc1-c1cccc(F)c1F. The number of rotatable bonds is 3. The average molecular weight is 273 g/mol. The van der Waals surface area contributed by atoms with Gasteiger partial charge in [-0.2, -0.15) is 0 Å². The normalized spacial score (nSPS) is 11.7. The minimum atomic E-state index is -3.87. The maximum atomic E-state index is 13.6. The summed E-state index contributed by atoms with van der Waals surface area (Å²) in [5, 5.41) is -0.450. The van der Waals surface area contributed by atoms with Crippen molar-refractivity contribution >= 4 is 10.0 Å². The van der Waals surface area contributed by atoms with Crippen LogP contribution in [0.3, 0.4) is 0 Å². The van der Waals surface area contributed by atoms with Gasteiger partial charge in [0, 0.05) is 11.1 Å². The van der Waals surface area contributed by atoms with Crippen LogP contribution < -0.4 is 4.72 Å². The smallest absolute Gasteiger partial charge is 0.274 e. The molecule has 0 unspecified atom stereocenters. The highest BCUT2D eigenvalue weighted by Crippen LogP contribution is 2.31. The summed E-state index contributed by atoms with van der Waals surface area (Å²) in [4.78, 5) is 0. The highest BCUT2D eigenvalue weighted by molar-refractivity contribution is 7.89. The van der Waals surface area contributed by atoms with E-state index < -0.39 is 26.8 Å². The number of hydrogen-bond donors (Lipinski definition) is 1. The zero-order valence-electron chi connectivity index (χ0n) is 9.28. The minimum Gasteiger partial charge on any atom is -0.451 e. The lowest BCUT2D eigenvalue weighted by Crippen LogP contribution is -2.18. The van der Waals surface area contributed by atoms with Crippen molar-refractivity contribution in [2.75, 3.05) is 7.05 Å². The van der Waals surface area contributed by atoms with Gasteiger partial charge in [0.25, 0.3) is 10.0 Å². The predicted octanol–water partition coefficient (Wildman–Crippen LogP) is 2.13. The van der Waals surface area contributed by atoms with Gasteiger partial charge in [0.05, 0.1) is 6.26 Å². The number of nitrogens with one attached hydrogen (secondary N) is 1. The molecule has 0 spiro atoms. The summed E-state index contributed by atoms with van der Waals surface area (Å²) in [6.45, 7) is 0. The van der Waals surface area contributed by atoms with Gasteiger partial charge in [-0.05, 0) is 19.2 Å². The molecule has 0 aliphatic rings. The van der Waals surface area contributed by atoms with Gasteiger partial charge >= 0.3 is 0 Å². The Morgan fingerprint density at radius 1 is 1.17 bits per heavy atom. The largest absolute Gasteiger partial charge is 0.451 e. The molecule has 0 atom stereocenters. The molecule has 96 valence electrons. The Kier molecular flexibility index (Phi) is 3.18. The summed E-state index contributed by atoms with van der Waals surface area (Å²) in [7, 11) is -2.67. The van der Waals surface area contributed by atoms with Gasteiger partial charge < -0.3 is 4.42 Å². The van der Waals surface area contributed by atoms with E-state index in [4.69, 9.17) is 4.42 Å². The molecule has 1 N–H and O–H groups in total. The fourth-order valence-corrected chi connectivity index (χ4v) is 2.34. The van der Waals surface area contributed by atoms with Gasteiger partial charge in [-0.1, -0.05) is 12.1 Å². The van der Waals surface area contributed by atoms with E-state index in [1.54, 1.807) is 0 Å². The standard InChI is InChI=1S/C11H9F2NO3S/c1-14-18(15,16)11-8(5-6-17-11)7-3-2-4-9(12)10(7)13/h2-6,14H,1H3. The van der Waals surface area contributed by atoms with E-state index in [1.807, 2.05) is 0 Å². The second kappa shape index (κ2) is 4.51. The van der Waals surface area contributed by atoms with E-state index in [-0.39, 0.29) is 11.1 Å². The lowest BCUT2D eigenvalue weighted by molar-refractivity contribution is 0.448. The Balaban J connectivity index is 2.67. The molecule has 0 bridgehead atoms. The number of sulfonamides is 1. The minimum absolute atomic E-state index is 0.0265. The Hall–Kier alpha value is -1.73. The van der Waals surface area contributed by atoms with Crippen LogP contribution in [0.2, 0.25) is 0 Å². The summed E-state index contributed by atoms with van der Waals surface area (Å²) < 4.78 is 56.9. The number of halogens is 2. The van der Waals surface area contributed by atoms with Crippen molar-refractivity contribution in [1.82, 2.24) is 4.72 Å². The molecule has 0 amide bonds. The summed E-state index contributed by atoms with van der Waals surface area (Å²) in [5.41, 5.74) is -0.195. The van der Waals surface area contributed by atoms with Crippen molar-refractivity contribution in [2.24, 2.45) is 0 Å². The monoisotopic (exact) mass is 273 g/mol. The van der Waals surface area contributed by atoms with Crippen LogP contribution in [-0.4, -0.2) is 15.5 Å². The molecule has 7 heteroatoms. The second-order valence-corrected chi connectivity index (χ2v) is 5.22. The lowest BCUT2D eigenvalue weighted by atomic mass is 10.1. The molecule has 18 heavy (non-hydrogen) atoms. The zero-order valence-corrected chi connectivity index (χ0v) is 10.1. The van der Waals surface area contributed by atoms with E-state index >= 15 is 0 Å². The van der Waals surface area contributed by atoms with Crippen molar-refractivity contribution in [3.63, 3.8) is 0 Å². The van der Waals surface area contributed by atoms with Crippen LogP contribution in [-0.2, 0) is 10.0 Å². The van der Waals surface area contributed by atoms with Gasteiger partial charge in [-0.3, -0.25) is 0 Å². The number of furan rings is 1. The van der Waals surface area contributed by atoms with E-state index in [0.29, 0.717) is 0 Å². The predicted molar refractivity (Wildman–Crippen MR) is 60.3 cm³/mol. The van der Waals surface area contributed by atoms with Crippen LogP contribution >= 0.6 is 0 Å². The molecule has 1 heterocycles. The maximum absolute atomic E-state index is 13.6. The Bertz CT molecular complexity index is 679. The topological polar surface area (TPSA) is 59.3 Å². The van der Waals surface area contributed by atoms with Crippen molar-refractivity contribution in [3.05, 3.63) is 42.2 Å². The first kappa shape index (κ1) is 12.7. The first-order chi connectivity index (χ1) is 8.47. The Labute approximate surface area is 102 Å². The number of benzene rings is 1. The zero-order chi connectivity index (χ0) is 13.3. The molecule has 2 rings (SSSR count). The van der Waals surface area contributed by atoms with Crippen molar-refractivity contribution < 1.29 is 21.6 Å². The van der Waals surface area contributed by atoms with E-state index in [9.17, 15) is 17.2 Å². The van der Waals surface area contributed by atoms with Crippen LogP contribution in [0.5, 0.6) is 0 Å². The van der Waals surface area contributed by atoms with Crippen LogP contribution in [0.25, 0.3) is 11.1 Å². The van der Waals surface area contributed by atoms with Gasteiger partial charge in [0.2, 0.25) is 5.09 Å². The van der Waals surface area contributed by atoms with E-state index in [2.05, 4.69) is 4.72 Å². The summed E-state index contributed by atoms with van der Waals surface area (Å²) in [6.07, 6.45) is 1.10. The lowest BCUT2D eigenvalue weighted by Gasteiger charge is -2.04. The quantitative estimate of drug-likeness (QED) is 0.932. The van der Waals surface area contributed by atoms with Crippen LogP contribution in [0, 0.1) is 11.6 Å². The molecule has 4 nitrogen and oxygen atoms in total. The summed E-state index contributed by atoms with van der Waals surface area (Å²) >= 11 is 0. The summed E-state index contributed by atoms with van der Waals surface area (Å²) in [6, 6.07) is 4.78. The molecule has 1 aromatic heterocycles. The van der Waals surface area contributed by atoms with E-state index in [1.165, 1.54) is 25.2 Å². The third-order valence-electron chi connectivity index (χ3n) is 2.38. The molecule has 0 radical (unpaired) electrons. The fourth-order valence-electron chi connectivity index (χ4n) is 1.51. The third-order valence-corrected chi connectivity index (χ3v) is 3.73. The first-order valence-electron chi connectivity index (χ1n) is 4.93. The van der Waals surface area contributed by atoms with Gasteiger partial charge in [0.15, 0.2) is 11.6 Å². The van der Waals surface area contributed by atoms with Gasteiger partial charge in [-0.25, -0.2) is 21.9 Å². The van der Waals surface area contributed by atoms with Crippen LogP contribution in [0.4, 0.5) is 8.78 Å². The van der Waals surface area contributed by atoms with Gasteiger partial charge in [-0.15, -0.1) is 0 Å². The first-order valence-corrected chi connectivity index (χ1v) is 6.41. The highest BCUT2D eigenvalue weighted by Gasteiger charge is 2.24. The molecule has 0 saturated carbocycles. The van der Waals surface area contributed by atoms with Crippen molar-refractivity contribution in [2.45, 2.75) is 5.09 Å². The molecule has 0 aliphatic heterocycles. The van der Waals surface area contributed by atoms with Gasteiger partial charge in [0.1, 0.15) is 0 Å². The second-order valence-electron chi connectivity index (χ2n) is 3.43. The van der Waals surface area contributed by atoms with Crippen LogP contribution in [0.1, 0.15) is 0 Å². The van der Waals surface area contributed by atoms with Crippen molar-refractivity contribution in [1.29, 1.82) is 0 Å². The van der Waals surface area contributed by atoms with Crippen molar-refractivity contribution in [3.8, 4) is 11.1 Å². The van der Waals surface area contributed by atoms with Crippen LogP contribution in [0.15, 0.2) is 40.0 Å². The number of hydrogen-bond acceptors (Lipinski definition) is 3. The molecule has 0 fully saturated rings. The fraction of sp³-hybridized carbons (Fsp3) is 0.0909. The Morgan fingerprint density at radius 2 is 1.89 bits per heavy atom. The van der Waals surface area contributed by atoms with E-state index in [0.717, 1.165) is 12.3 Å². The summed E-state index contributed by atoms with van der Waals surface area (Å²) in [5.74, 6) is -2.17. The average Bonchev–Trinajstić information content (AvgIpc) is 2.82. The molecular formula is C11H9F2NO3S. The molecule has 1 aromatic carbocycles. The molecule has 0 saturated heterocycles. The third kappa shape index (κ3) is 2.02. The maximum Gasteiger partial charge on any atom is 0.274 e. The highest BCUT2D eigenvalue weighted by atomic mass is 32.2. The molecular weight excluding hydrogens is 264 g/mol.